The SMILES string of the molecule is CN(CC(=O)N1CCCC(C(=O)O)C1)C(=O)C1CC1(C)C. The molecule has 0 aromatic rings. The summed E-state index contributed by atoms with van der Waals surface area (Å²) in [6.07, 6.45) is 2.19. The summed E-state index contributed by atoms with van der Waals surface area (Å²) in [5.74, 6) is -1.46. The van der Waals surface area contributed by atoms with Gasteiger partial charge in [-0.15, -0.1) is 0 Å². The van der Waals surface area contributed by atoms with Crippen molar-refractivity contribution >= 4 is 17.8 Å². The first-order chi connectivity index (χ1) is 9.72. The van der Waals surface area contributed by atoms with Gasteiger partial charge in [-0.2, -0.15) is 0 Å². The number of aliphatic carboxylic acids is 1. The molecule has 2 unspecified atom stereocenters. The summed E-state index contributed by atoms with van der Waals surface area (Å²) in [7, 11) is 1.65. The number of rotatable bonds is 4. The second-order valence-electron chi connectivity index (χ2n) is 6.96. The minimum absolute atomic E-state index is 0.0140. The van der Waals surface area contributed by atoms with Crippen LogP contribution in [0.2, 0.25) is 0 Å². The minimum atomic E-state index is -0.850. The molecular formula is C15H24N2O4. The second-order valence-corrected chi connectivity index (χ2v) is 6.96. The molecule has 0 aromatic carbocycles. The standard InChI is InChI=1S/C15H24N2O4/c1-15(2)7-11(15)13(19)16(3)9-12(18)17-6-4-5-10(8-17)14(20)21/h10-11H,4-9H2,1-3H3,(H,20,21). The number of carboxylic acids is 1. The summed E-state index contributed by atoms with van der Waals surface area (Å²) >= 11 is 0. The number of likely N-dealkylation sites (N-methyl/N-ethyl adjacent to an activating group) is 1. The quantitative estimate of drug-likeness (QED) is 0.833. The lowest BCUT2D eigenvalue weighted by Gasteiger charge is -2.32. The van der Waals surface area contributed by atoms with Crippen molar-refractivity contribution in [3.63, 3.8) is 0 Å². The second kappa shape index (κ2) is 5.66. The molecule has 1 heterocycles. The van der Waals surface area contributed by atoms with E-state index in [1.807, 2.05) is 13.8 Å². The molecule has 118 valence electrons. The van der Waals surface area contributed by atoms with E-state index in [1.165, 1.54) is 4.90 Å². The van der Waals surface area contributed by atoms with Gasteiger partial charge < -0.3 is 14.9 Å². The van der Waals surface area contributed by atoms with Crippen molar-refractivity contribution in [2.45, 2.75) is 33.1 Å². The maximum atomic E-state index is 12.2. The molecule has 0 spiro atoms. The van der Waals surface area contributed by atoms with Gasteiger partial charge in [0, 0.05) is 26.1 Å². The maximum Gasteiger partial charge on any atom is 0.308 e. The molecule has 2 atom stereocenters. The Kier molecular flexibility index (Phi) is 4.25. The van der Waals surface area contributed by atoms with E-state index in [0.29, 0.717) is 19.4 Å². The average Bonchev–Trinajstić information content (AvgIpc) is 3.06. The largest absolute Gasteiger partial charge is 0.481 e. The molecule has 2 rings (SSSR count). The van der Waals surface area contributed by atoms with Crippen LogP contribution in [-0.4, -0.2) is 59.4 Å². The van der Waals surface area contributed by atoms with Crippen LogP contribution >= 0.6 is 0 Å². The summed E-state index contributed by atoms with van der Waals surface area (Å²) in [4.78, 5) is 38.5. The highest BCUT2D eigenvalue weighted by Crippen LogP contribution is 2.52. The molecular weight excluding hydrogens is 272 g/mol. The highest BCUT2D eigenvalue weighted by Gasteiger charge is 2.51. The molecule has 1 aliphatic heterocycles. The lowest BCUT2D eigenvalue weighted by atomic mass is 9.98. The summed E-state index contributed by atoms with van der Waals surface area (Å²) in [5.41, 5.74) is 0.0495. The summed E-state index contributed by atoms with van der Waals surface area (Å²) < 4.78 is 0. The number of nitrogens with zero attached hydrogens (tertiary/aromatic N) is 2. The smallest absolute Gasteiger partial charge is 0.308 e. The predicted molar refractivity (Wildman–Crippen MR) is 76.5 cm³/mol. The van der Waals surface area contributed by atoms with Crippen molar-refractivity contribution < 1.29 is 19.5 Å². The third-order valence-corrected chi connectivity index (χ3v) is 4.68. The average molecular weight is 296 g/mol. The van der Waals surface area contributed by atoms with Gasteiger partial charge >= 0.3 is 5.97 Å². The summed E-state index contributed by atoms with van der Waals surface area (Å²) in [5, 5.41) is 9.04. The fourth-order valence-electron chi connectivity index (χ4n) is 2.94. The van der Waals surface area contributed by atoms with E-state index in [1.54, 1.807) is 11.9 Å². The van der Waals surface area contributed by atoms with Gasteiger partial charge in [0.15, 0.2) is 0 Å². The number of carboxylic acid groups (broad SMARTS) is 1. The Morgan fingerprint density at radius 2 is 1.95 bits per heavy atom. The fraction of sp³-hybridized carbons (Fsp3) is 0.800. The maximum absolute atomic E-state index is 12.2. The Morgan fingerprint density at radius 3 is 2.48 bits per heavy atom. The van der Waals surface area contributed by atoms with Crippen LogP contribution in [0.1, 0.15) is 33.1 Å². The minimum Gasteiger partial charge on any atom is -0.481 e. The van der Waals surface area contributed by atoms with E-state index in [4.69, 9.17) is 5.11 Å². The lowest BCUT2D eigenvalue weighted by Crippen LogP contribution is -2.47. The van der Waals surface area contributed by atoms with E-state index in [-0.39, 0.29) is 36.2 Å². The zero-order valence-electron chi connectivity index (χ0n) is 13.0. The molecule has 0 aromatic heterocycles. The van der Waals surface area contributed by atoms with Crippen molar-refractivity contribution in [1.29, 1.82) is 0 Å². The molecule has 1 saturated carbocycles. The fourth-order valence-corrected chi connectivity index (χ4v) is 2.94. The first-order valence-corrected chi connectivity index (χ1v) is 7.48. The predicted octanol–water partition coefficient (Wildman–Crippen LogP) is 0.814. The first-order valence-electron chi connectivity index (χ1n) is 7.48. The molecule has 2 fully saturated rings. The Balaban J connectivity index is 1.86. The van der Waals surface area contributed by atoms with Gasteiger partial charge in [-0.05, 0) is 24.7 Å². The first kappa shape index (κ1) is 15.8. The number of amides is 2. The third kappa shape index (κ3) is 3.54. The van der Waals surface area contributed by atoms with Gasteiger partial charge in [-0.1, -0.05) is 13.8 Å². The van der Waals surface area contributed by atoms with E-state index in [2.05, 4.69) is 0 Å². The van der Waals surface area contributed by atoms with Gasteiger partial charge in [-0.25, -0.2) is 0 Å². The van der Waals surface area contributed by atoms with Crippen LogP contribution in [0, 0.1) is 17.3 Å². The highest BCUT2D eigenvalue weighted by atomic mass is 16.4. The Morgan fingerprint density at radius 1 is 1.33 bits per heavy atom. The van der Waals surface area contributed by atoms with Crippen molar-refractivity contribution in [2.24, 2.45) is 17.3 Å². The van der Waals surface area contributed by atoms with Gasteiger partial charge in [-0.3, -0.25) is 14.4 Å². The number of carbonyl (C=O) groups excluding carboxylic acids is 2. The number of likely N-dealkylation sites (tertiary alicyclic amines) is 1. The van der Waals surface area contributed by atoms with E-state index >= 15 is 0 Å². The number of hydrogen-bond donors (Lipinski definition) is 1. The Labute approximate surface area is 125 Å². The van der Waals surface area contributed by atoms with Crippen LogP contribution in [0.5, 0.6) is 0 Å². The van der Waals surface area contributed by atoms with Gasteiger partial charge in [0.05, 0.1) is 12.5 Å². The van der Waals surface area contributed by atoms with Crippen molar-refractivity contribution in [1.82, 2.24) is 9.80 Å². The number of carbonyl (C=O) groups is 3. The van der Waals surface area contributed by atoms with Crippen molar-refractivity contribution in [2.75, 3.05) is 26.7 Å². The van der Waals surface area contributed by atoms with Crippen LogP contribution in [0.3, 0.4) is 0 Å². The van der Waals surface area contributed by atoms with Crippen LogP contribution in [-0.2, 0) is 14.4 Å². The molecule has 6 heteroatoms. The topological polar surface area (TPSA) is 77.9 Å². The molecule has 6 nitrogen and oxygen atoms in total. The molecule has 0 bridgehead atoms. The summed E-state index contributed by atoms with van der Waals surface area (Å²) in [6.45, 7) is 4.98. The number of hydrogen-bond acceptors (Lipinski definition) is 3. The molecule has 1 aliphatic carbocycles. The molecule has 2 amide bonds. The van der Waals surface area contributed by atoms with Gasteiger partial charge in [0.1, 0.15) is 0 Å². The van der Waals surface area contributed by atoms with Crippen LogP contribution in [0.15, 0.2) is 0 Å². The third-order valence-electron chi connectivity index (χ3n) is 4.68. The molecule has 0 radical (unpaired) electrons. The van der Waals surface area contributed by atoms with Crippen molar-refractivity contribution in [3.8, 4) is 0 Å². The van der Waals surface area contributed by atoms with E-state index in [9.17, 15) is 14.4 Å². The molecule has 1 saturated heterocycles. The molecule has 21 heavy (non-hydrogen) atoms. The Hall–Kier alpha value is -1.59. The van der Waals surface area contributed by atoms with Crippen LogP contribution in [0.25, 0.3) is 0 Å². The van der Waals surface area contributed by atoms with Crippen LogP contribution in [0.4, 0.5) is 0 Å². The van der Waals surface area contributed by atoms with Crippen molar-refractivity contribution in [3.05, 3.63) is 0 Å². The van der Waals surface area contributed by atoms with Gasteiger partial charge in [0.2, 0.25) is 11.8 Å². The molecule has 1 N–H and O–H groups in total. The van der Waals surface area contributed by atoms with Crippen LogP contribution < -0.4 is 0 Å². The van der Waals surface area contributed by atoms with Gasteiger partial charge in [0.25, 0.3) is 0 Å². The summed E-state index contributed by atoms with van der Waals surface area (Å²) in [6, 6.07) is 0. The number of piperidine rings is 1. The van der Waals surface area contributed by atoms with E-state index in [0.717, 1.165) is 6.42 Å². The normalized spacial score (nSPS) is 27.1. The highest BCUT2D eigenvalue weighted by molar-refractivity contribution is 5.88. The Bertz CT molecular complexity index is 461. The molecule has 2 aliphatic rings. The van der Waals surface area contributed by atoms with E-state index < -0.39 is 11.9 Å². The lowest BCUT2D eigenvalue weighted by molar-refractivity contribution is -0.147. The zero-order chi connectivity index (χ0) is 15.8. The zero-order valence-corrected chi connectivity index (χ0v) is 13.0. The monoisotopic (exact) mass is 296 g/mol.